The van der Waals surface area contributed by atoms with Crippen molar-refractivity contribution in [2.24, 2.45) is 0 Å². The summed E-state index contributed by atoms with van der Waals surface area (Å²) in [6, 6.07) is 22.2. The molecule has 0 amide bonds. The highest BCUT2D eigenvalue weighted by Crippen LogP contribution is 2.31. The Balaban J connectivity index is 1.97. The molecule has 1 aromatic heterocycles. The lowest BCUT2D eigenvalue weighted by Gasteiger charge is -2.19. The number of Topliss-reactive ketones (excluding diaryl/α,β-unsaturated/α-hetero) is 1. The summed E-state index contributed by atoms with van der Waals surface area (Å²) >= 11 is 0. The largest absolute Gasteiger partial charge is 0.294 e. The zero-order chi connectivity index (χ0) is 16.9. The second-order valence-corrected chi connectivity index (χ2v) is 6.13. The Morgan fingerprint density at radius 1 is 0.958 bits per heavy atom. The molecule has 3 aromatic rings. The predicted octanol–water partition coefficient (Wildman–Crippen LogP) is 5.10. The van der Waals surface area contributed by atoms with Crippen LogP contribution in [-0.4, -0.2) is 10.8 Å². The number of aromatic nitrogens is 1. The number of pyridine rings is 1. The van der Waals surface area contributed by atoms with Gasteiger partial charge in [0, 0.05) is 29.8 Å². The molecule has 0 saturated heterocycles. The SMILES string of the molecule is Cc1cc(C(=O)C[C@H](c2ccccc2)c2ccccc2C)ccn1. The van der Waals surface area contributed by atoms with Crippen molar-refractivity contribution in [3.8, 4) is 0 Å². The number of benzene rings is 2. The molecule has 2 nitrogen and oxygen atoms in total. The molecule has 0 aliphatic heterocycles. The van der Waals surface area contributed by atoms with E-state index in [1.807, 2.05) is 43.3 Å². The molecule has 0 aliphatic carbocycles. The van der Waals surface area contributed by atoms with Crippen molar-refractivity contribution < 1.29 is 4.79 Å². The highest BCUT2D eigenvalue weighted by molar-refractivity contribution is 5.96. The molecule has 2 heteroatoms. The van der Waals surface area contributed by atoms with Crippen LogP contribution in [0, 0.1) is 13.8 Å². The second-order valence-electron chi connectivity index (χ2n) is 6.13. The Morgan fingerprint density at radius 3 is 2.38 bits per heavy atom. The number of aryl methyl sites for hydroxylation is 2. The summed E-state index contributed by atoms with van der Waals surface area (Å²) in [7, 11) is 0. The first kappa shape index (κ1) is 16.1. The van der Waals surface area contributed by atoms with E-state index in [-0.39, 0.29) is 11.7 Å². The van der Waals surface area contributed by atoms with Crippen LogP contribution >= 0.6 is 0 Å². The molecule has 2 aromatic carbocycles. The second kappa shape index (κ2) is 7.22. The Morgan fingerprint density at radius 2 is 1.67 bits per heavy atom. The summed E-state index contributed by atoms with van der Waals surface area (Å²) in [6.07, 6.45) is 2.16. The van der Waals surface area contributed by atoms with Gasteiger partial charge in [0.1, 0.15) is 0 Å². The molecule has 0 spiro atoms. The highest BCUT2D eigenvalue weighted by atomic mass is 16.1. The molecular weight excluding hydrogens is 294 g/mol. The van der Waals surface area contributed by atoms with E-state index in [0.29, 0.717) is 6.42 Å². The highest BCUT2D eigenvalue weighted by Gasteiger charge is 2.20. The number of ketones is 1. The van der Waals surface area contributed by atoms with Crippen LogP contribution in [0.3, 0.4) is 0 Å². The number of carbonyl (C=O) groups is 1. The first-order valence-corrected chi connectivity index (χ1v) is 8.21. The van der Waals surface area contributed by atoms with E-state index < -0.39 is 0 Å². The molecule has 24 heavy (non-hydrogen) atoms. The van der Waals surface area contributed by atoms with Gasteiger partial charge in [-0.25, -0.2) is 0 Å². The van der Waals surface area contributed by atoms with Gasteiger partial charge >= 0.3 is 0 Å². The van der Waals surface area contributed by atoms with Crippen LogP contribution in [-0.2, 0) is 0 Å². The maximum atomic E-state index is 12.8. The molecule has 0 fully saturated rings. The quantitative estimate of drug-likeness (QED) is 0.613. The Bertz CT molecular complexity index is 839. The predicted molar refractivity (Wildman–Crippen MR) is 97.4 cm³/mol. The smallest absolute Gasteiger partial charge is 0.163 e. The summed E-state index contributed by atoms with van der Waals surface area (Å²) in [5, 5.41) is 0. The maximum Gasteiger partial charge on any atom is 0.163 e. The van der Waals surface area contributed by atoms with Gasteiger partial charge in [0.25, 0.3) is 0 Å². The molecule has 0 radical (unpaired) electrons. The fourth-order valence-electron chi connectivity index (χ4n) is 3.09. The summed E-state index contributed by atoms with van der Waals surface area (Å²) in [5.41, 5.74) is 5.20. The van der Waals surface area contributed by atoms with E-state index in [9.17, 15) is 4.79 Å². The lowest BCUT2D eigenvalue weighted by atomic mass is 9.84. The monoisotopic (exact) mass is 315 g/mol. The number of hydrogen-bond acceptors (Lipinski definition) is 2. The zero-order valence-electron chi connectivity index (χ0n) is 14.1. The van der Waals surface area contributed by atoms with Crippen molar-refractivity contribution in [2.75, 3.05) is 0 Å². The standard InChI is InChI=1S/C22H21NO/c1-16-8-6-7-11-20(16)21(18-9-4-3-5-10-18)15-22(24)19-12-13-23-17(2)14-19/h3-14,21H,15H2,1-2H3/t21-/m1/s1. The van der Waals surface area contributed by atoms with Crippen molar-refractivity contribution in [3.63, 3.8) is 0 Å². The molecule has 120 valence electrons. The fraction of sp³-hybridized carbons (Fsp3) is 0.182. The van der Waals surface area contributed by atoms with Crippen LogP contribution in [0.2, 0.25) is 0 Å². The van der Waals surface area contributed by atoms with E-state index >= 15 is 0 Å². The third kappa shape index (κ3) is 3.60. The van der Waals surface area contributed by atoms with E-state index in [4.69, 9.17) is 0 Å². The first-order valence-electron chi connectivity index (χ1n) is 8.21. The van der Waals surface area contributed by atoms with E-state index in [0.717, 1.165) is 11.3 Å². The Kier molecular flexibility index (Phi) is 4.85. The van der Waals surface area contributed by atoms with Crippen molar-refractivity contribution in [1.82, 2.24) is 4.98 Å². The molecule has 0 aliphatic rings. The maximum absolute atomic E-state index is 12.8. The van der Waals surface area contributed by atoms with Crippen molar-refractivity contribution >= 4 is 5.78 Å². The van der Waals surface area contributed by atoms with Crippen LogP contribution < -0.4 is 0 Å². The minimum absolute atomic E-state index is 0.0633. The number of rotatable bonds is 5. The van der Waals surface area contributed by atoms with Gasteiger partial charge in [0.15, 0.2) is 5.78 Å². The summed E-state index contributed by atoms with van der Waals surface area (Å²) in [4.78, 5) is 17.0. The minimum Gasteiger partial charge on any atom is -0.294 e. The fourth-order valence-corrected chi connectivity index (χ4v) is 3.09. The van der Waals surface area contributed by atoms with E-state index in [1.54, 1.807) is 12.3 Å². The number of nitrogens with zero attached hydrogens (tertiary/aromatic N) is 1. The Labute approximate surface area is 143 Å². The number of carbonyl (C=O) groups excluding carboxylic acids is 1. The van der Waals surface area contributed by atoms with Crippen molar-refractivity contribution in [1.29, 1.82) is 0 Å². The van der Waals surface area contributed by atoms with Gasteiger partial charge in [-0.15, -0.1) is 0 Å². The van der Waals surface area contributed by atoms with Gasteiger partial charge in [-0.1, -0.05) is 54.6 Å². The molecule has 0 saturated carbocycles. The summed E-state index contributed by atoms with van der Waals surface area (Å²) < 4.78 is 0. The lowest BCUT2D eigenvalue weighted by Crippen LogP contribution is -2.10. The molecule has 3 rings (SSSR count). The van der Waals surface area contributed by atoms with Crippen molar-refractivity contribution in [3.05, 3.63) is 101 Å². The normalized spacial score (nSPS) is 11.9. The van der Waals surface area contributed by atoms with Gasteiger partial charge in [0.2, 0.25) is 0 Å². The molecular formula is C22H21NO. The molecule has 0 unspecified atom stereocenters. The first-order chi connectivity index (χ1) is 11.6. The number of hydrogen-bond donors (Lipinski definition) is 0. The average molecular weight is 315 g/mol. The lowest BCUT2D eigenvalue weighted by molar-refractivity contribution is 0.0977. The average Bonchev–Trinajstić information content (AvgIpc) is 2.61. The molecule has 0 bridgehead atoms. The van der Waals surface area contributed by atoms with E-state index in [2.05, 4.69) is 36.2 Å². The topological polar surface area (TPSA) is 30.0 Å². The summed E-state index contributed by atoms with van der Waals surface area (Å²) in [5.74, 6) is 0.214. The van der Waals surface area contributed by atoms with Gasteiger partial charge in [-0.05, 0) is 42.7 Å². The van der Waals surface area contributed by atoms with Crippen LogP contribution in [0.1, 0.15) is 45.1 Å². The van der Waals surface area contributed by atoms with Gasteiger partial charge in [-0.2, -0.15) is 0 Å². The third-order valence-corrected chi connectivity index (χ3v) is 4.37. The van der Waals surface area contributed by atoms with Crippen molar-refractivity contribution in [2.45, 2.75) is 26.2 Å². The van der Waals surface area contributed by atoms with Gasteiger partial charge < -0.3 is 0 Å². The summed E-state index contributed by atoms with van der Waals surface area (Å²) in [6.45, 7) is 4.01. The third-order valence-electron chi connectivity index (χ3n) is 4.37. The van der Waals surface area contributed by atoms with Gasteiger partial charge in [-0.3, -0.25) is 9.78 Å². The molecule has 1 heterocycles. The van der Waals surface area contributed by atoms with Crippen LogP contribution in [0.25, 0.3) is 0 Å². The Hall–Kier alpha value is -2.74. The minimum atomic E-state index is 0.0633. The van der Waals surface area contributed by atoms with Gasteiger partial charge in [0.05, 0.1) is 0 Å². The zero-order valence-corrected chi connectivity index (χ0v) is 14.1. The molecule has 1 atom stereocenters. The van der Waals surface area contributed by atoms with Crippen LogP contribution in [0.4, 0.5) is 0 Å². The molecule has 0 N–H and O–H groups in total. The van der Waals surface area contributed by atoms with Crippen LogP contribution in [0.15, 0.2) is 72.9 Å². The van der Waals surface area contributed by atoms with Crippen LogP contribution in [0.5, 0.6) is 0 Å². The van der Waals surface area contributed by atoms with E-state index in [1.165, 1.54) is 16.7 Å².